The van der Waals surface area contributed by atoms with E-state index in [2.05, 4.69) is 10.4 Å². The molecule has 0 aliphatic heterocycles. The lowest BCUT2D eigenvalue weighted by molar-refractivity contribution is -0.116. The Morgan fingerprint density at radius 2 is 2.26 bits per heavy atom. The first-order valence-electron chi connectivity index (χ1n) is 6.25. The molecule has 0 saturated carbocycles. The average molecular weight is 259 g/mol. The zero-order chi connectivity index (χ0) is 13.5. The van der Waals surface area contributed by atoms with E-state index in [4.69, 9.17) is 5.11 Å². The highest BCUT2D eigenvalue weighted by Gasteiger charge is 2.03. The van der Waals surface area contributed by atoms with Crippen molar-refractivity contribution in [1.82, 2.24) is 9.78 Å². The molecule has 0 aliphatic rings. The van der Waals surface area contributed by atoms with Crippen LogP contribution < -0.4 is 5.32 Å². The van der Waals surface area contributed by atoms with Gasteiger partial charge in [0.25, 0.3) is 0 Å². The van der Waals surface area contributed by atoms with Crippen LogP contribution in [0.3, 0.4) is 0 Å². The summed E-state index contributed by atoms with van der Waals surface area (Å²) in [5.41, 5.74) is 1.84. The Hall–Kier alpha value is -2.14. The predicted octanol–water partition coefficient (Wildman–Crippen LogP) is 1.64. The number of anilines is 1. The smallest absolute Gasteiger partial charge is 0.224 e. The second-order valence-corrected chi connectivity index (χ2v) is 4.28. The van der Waals surface area contributed by atoms with Gasteiger partial charge in [-0.1, -0.05) is 12.1 Å². The standard InChI is InChI=1S/C14H17N3O2/c18-9-2-6-14(19)16-13-5-1-4-12(10-13)11-17-8-3-7-15-17/h1,3-5,7-8,10,18H,2,6,9,11H2,(H,16,19). The van der Waals surface area contributed by atoms with E-state index >= 15 is 0 Å². The molecule has 1 aromatic heterocycles. The van der Waals surface area contributed by atoms with E-state index in [1.807, 2.05) is 41.2 Å². The maximum Gasteiger partial charge on any atom is 0.224 e. The minimum absolute atomic E-state index is 0.0345. The van der Waals surface area contributed by atoms with Crippen LogP contribution in [0.25, 0.3) is 0 Å². The van der Waals surface area contributed by atoms with Gasteiger partial charge in [-0.3, -0.25) is 9.48 Å². The molecule has 0 atom stereocenters. The number of carbonyl (C=O) groups excluding carboxylic acids is 1. The van der Waals surface area contributed by atoms with Crippen molar-refractivity contribution in [3.05, 3.63) is 48.3 Å². The maximum atomic E-state index is 11.6. The van der Waals surface area contributed by atoms with Gasteiger partial charge in [-0.25, -0.2) is 0 Å². The molecule has 2 rings (SSSR count). The predicted molar refractivity (Wildman–Crippen MR) is 72.7 cm³/mol. The number of aliphatic hydroxyl groups excluding tert-OH is 1. The van der Waals surface area contributed by atoms with Gasteiger partial charge in [0.15, 0.2) is 0 Å². The minimum atomic E-state index is -0.0784. The van der Waals surface area contributed by atoms with Crippen molar-refractivity contribution >= 4 is 11.6 Å². The molecule has 2 aromatic rings. The first-order valence-corrected chi connectivity index (χ1v) is 6.25. The molecule has 1 amide bonds. The van der Waals surface area contributed by atoms with Gasteiger partial charge in [-0.15, -0.1) is 0 Å². The number of aromatic nitrogens is 2. The highest BCUT2D eigenvalue weighted by molar-refractivity contribution is 5.90. The molecule has 0 spiro atoms. The molecule has 0 fully saturated rings. The summed E-state index contributed by atoms with van der Waals surface area (Å²) in [6.45, 7) is 0.708. The van der Waals surface area contributed by atoms with Crippen LogP contribution in [0.4, 0.5) is 5.69 Å². The Morgan fingerprint density at radius 1 is 1.37 bits per heavy atom. The number of hydrogen-bond donors (Lipinski definition) is 2. The van der Waals surface area contributed by atoms with Crippen LogP contribution >= 0.6 is 0 Å². The van der Waals surface area contributed by atoms with E-state index in [0.717, 1.165) is 11.3 Å². The fourth-order valence-electron chi connectivity index (χ4n) is 1.79. The number of aliphatic hydroxyl groups is 1. The van der Waals surface area contributed by atoms with Crippen LogP contribution in [0, 0.1) is 0 Å². The third-order valence-electron chi connectivity index (χ3n) is 2.68. The molecule has 19 heavy (non-hydrogen) atoms. The molecule has 0 saturated heterocycles. The quantitative estimate of drug-likeness (QED) is 0.828. The van der Waals surface area contributed by atoms with Crippen molar-refractivity contribution in [2.45, 2.75) is 19.4 Å². The highest BCUT2D eigenvalue weighted by Crippen LogP contribution is 2.12. The van der Waals surface area contributed by atoms with Crippen molar-refractivity contribution in [1.29, 1.82) is 0 Å². The van der Waals surface area contributed by atoms with Crippen molar-refractivity contribution in [2.24, 2.45) is 0 Å². The Kier molecular flexibility index (Phi) is 4.69. The fraction of sp³-hybridized carbons (Fsp3) is 0.286. The summed E-state index contributed by atoms with van der Waals surface area (Å²) in [6.07, 6.45) is 4.45. The van der Waals surface area contributed by atoms with Gasteiger partial charge in [-0.2, -0.15) is 5.10 Å². The molecule has 2 N–H and O–H groups in total. The molecule has 5 heteroatoms. The topological polar surface area (TPSA) is 67.2 Å². The van der Waals surface area contributed by atoms with Crippen LogP contribution in [0.1, 0.15) is 18.4 Å². The molecule has 0 radical (unpaired) electrons. The number of benzene rings is 1. The summed E-state index contributed by atoms with van der Waals surface area (Å²) in [5.74, 6) is -0.0784. The van der Waals surface area contributed by atoms with Crippen molar-refractivity contribution in [3.8, 4) is 0 Å². The number of carbonyl (C=O) groups is 1. The van der Waals surface area contributed by atoms with E-state index in [9.17, 15) is 4.79 Å². The summed E-state index contributed by atoms with van der Waals surface area (Å²) in [6, 6.07) is 9.55. The third-order valence-corrected chi connectivity index (χ3v) is 2.68. The lowest BCUT2D eigenvalue weighted by Crippen LogP contribution is -2.12. The van der Waals surface area contributed by atoms with Crippen LogP contribution in [-0.4, -0.2) is 27.4 Å². The molecule has 0 unspecified atom stereocenters. The van der Waals surface area contributed by atoms with E-state index < -0.39 is 0 Å². The van der Waals surface area contributed by atoms with Crippen LogP contribution in [0.2, 0.25) is 0 Å². The first-order chi connectivity index (χ1) is 9.28. The summed E-state index contributed by atoms with van der Waals surface area (Å²) in [4.78, 5) is 11.6. The number of rotatable bonds is 6. The second kappa shape index (κ2) is 6.70. The lowest BCUT2D eigenvalue weighted by Gasteiger charge is -2.07. The number of nitrogens with one attached hydrogen (secondary N) is 1. The monoisotopic (exact) mass is 259 g/mol. The Morgan fingerprint density at radius 3 is 3.00 bits per heavy atom. The molecule has 100 valence electrons. The van der Waals surface area contributed by atoms with Crippen LogP contribution in [-0.2, 0) is 11.3 Å². The highest BCUT2D eigenvalue weighted by atomic mass is 16.3. The lowest BCUT2D eigenvalue weighted by atomic mass is 10.2. The summed E-state index contributed by atoms with van der Waals surface area (Å²) in [7, 11) is 0. The van der Waals surface area contributed by atoms with Gasteiger partial charge in [-0.05, 0) is 30.2 Å². The normalized spacial score (nSPS) is 10.4. The summed E-state index contributed by atoms with van der Waals surface area (Å²) < 4.78 is 1.83. The van der Waals surface area contributed by atoms with Gasteiger partial charge in [0.05, 0.1) is 6.54 Å². The van der Waals surface area contributed by atoms with E-state index in [1.165, 1.54) is 0 Å². The largest absolute Gasteiger partial charge is 0.396 e. The molecule has 1 heterocycles. The molecule has 0 bridgehead atoms. The van der Waals surface area contributed by atoms with Crippen molar-refractivity contribution in [3.63, 3.8) is 0 Å². The molecule has 5 nitrogen and oxygen atoms in total. The fourth-order valence-corrected chi connectivity index (χ4v) is 1.79. The van der Waals surface area contributed by atoms with Gasteiger partial charge in [0.2, 0.25) is 5.91 Å². The molecular formula is C14H17N3O2. The van der Waals surface area contributed by atoms with Crippen LogP contribution in [0.5, 0.6) is 0 Å². The number of hydrogen-bond acceptors (Lipinski definition) is 3. The molecule has 1 aromatic carbocycles. The van der Waals surface area contributed by atoms with Gasteiger partial charge in [0, 0.05) is 31.1 Å². The zero-order valence-corrected chi connectivity index (χ0v) is 10.6. The molecular weight excluding hydrogens is 242 g/mol. The number of amides is 1. The van der Waals surface area contributed by atoms with Gasteiger partial charge in [0.1, 0.15) is 0 Å². The summed E-state index contributed by atoms with van der Waals surface area (Å²) in [5, 5.41) is 15.6. The molecule has 0 aliphatic carbocycles. The minimum Gasteiger partial charge on any atom is -0.396 e. The first kappa shape index (κ1) is 13.3. The Bertz CT molecular complexity index is 523. The zero-order valence-electron chi connectivity index (χ0n) is 10.6. The number of nitrogens with zero attached hydrogens (tertiary/aromatic N) is 2. The van der Waals surface area contributed by atoms with Gasteiger partial charge >= 0.3 is 0 Å². The van der Waals surface area contributed by atoms with E-state index in [1.54, 1.807) is 6.20 Å². The second-order valence-electron chi connectivity index (χ2n) is 4.28. The summed E-state index contributed by atoms with van der Waals surface area (Å²) >= 11 is 0. The Labute approximate surface area is 111 Å². The van der Waals surface area contributed by atoms with Gasteiger partial charge < -0.3 is 10.4 Å². The maximum absolute atomic E-state index is 11.6. The SMILES string of the molecule is O=C(CCCO)Nc1cccc(Cn2cccn2)c1. The third kappa shape index (κ3) is 4.22. The Balaban J connectivity index is 1.97. The average Bonchev–Trinajstić information content (AvgIpc) is 2.89. The van der Waals surface area contributed by atoms with Crippen molar-refractivity contribution in [2.75, 3.05) is 11.9 Å². The van der Waals surface area contributed by atoms with Crippen molar-refractivity contribution < 1.29 is 9.90 Å². The van der Waals surface area contributed by atoms with E-state index in [0.29, 0.717) is 19.4 Å². The van der Waals surface area contributed by atoms with E-state index in [-0.39, 0.29) is 12.5 Å². The van der Waals surface area contributed by atoms with Crippen LogP contribution in [0.15, 0.2) is 42.7 Å².